The quantitative estimate of drug-likeness (QED) is 0.811. The smallest absolute Gasteiger partial charge is 0.233 e. The number of alkyl halides is 1. The van der Waals surface area contributed by atoms with E-state index in [2.05, 4.69) is 9.71 Å². The van der Waals surface area contributed by atoms with Crippen molar-refractivity contribution in [2.24, 2.45) is 5.92 Å². The summed E-state index contributed by atoms with van der Waals surface area (Å²) in [5, 5.41) is 0. The van der Waals surface area contributed by atoms with Gasteiger partial charge in [0.2, 0.25) is 10.0 Å². The van der Waals surface area contributed by atoms with Crippen LogP contribution in [0.3, 0.4) is 0 Å². The Kier molecular flexibility index (Phi) is 5.22. The number of anilines is 2. The topological polar surface area (TPSA) is 62.3 Å². The summed E-state index contributed by atoms with van der Waals surface area (Å²) in [5.41, 5.74) is 0.476. The maximum atomic E-state index is 11.9. The lowest BCUT2D eigenvalue weighted by molar-refractivity contribution is 0.588. The van der Waals surface area contributed by atoms with Crippen LogP contribution in [0.2, 0.25) is 0 Å². The number of halogens is 1. The minimum absolute atomic E-state index is 0.00172. The first-order chi connectivity index (χ1) is 8.35. The maximum absolute atomic E-state index is 11.9. The Morgan fingerprint density at radius 2 is 2.17 bits per heavy atom. The molecule has 0 amide bonds. The van der Waals surface area contributed by atoms with Crippen LogP contribution < -0.4 is 9.62 Å². The van der Waals surface area contributed by atoms with Crippen molar-refractivity contribution >= 4 is 33.1 Å². The Morgan fingerprint density at radius 1 is 1.50 bits per heavy atom. The van der Waals surface area contributed by atoms with E-state index in [0.717, 1.165) is 0 Å². The number of hydrogen-bond acceptors (Lipinski definition) is 4. The molecule has 0 bridgehead atoms. The largest absolute Gasteiger partial charge is 0.361 e. The van der Waals surface area contributed by atoms with Crippen LogP contribution >= 0.6 is 11.6 Å². The second-order valence-electron chi connectivity index (χ2n) is 4.41. The van der Waals surface area contributed by atoms with Gasteiger partial charge in [-0.3, -0.25) is 4.72 Å². The van der Waals surface area contributed by atoms with Gasteiger partial charge in [-0.05, 0) is 18.1 Å². The molecule has 18 heavy (non-hydrogen) atoms. The molecule has 7 heteroatoms. The highest BCUT2D eigenvalue weighted by Crippen LogP contribution is 2.22. The van der Waals surface area contributed by atoms with Crippen LogP contribution in [0.4, 0.5) is 11.5 Å². The summed E-state index contributed by atoms with van der Waals surface area (Å²) in [6, 6.07) is 3.38. The predicted molar refractivity (Wildman–Crippen MR) is 75.9 cm³/mol. The molecule has 1 aromatic heterocycles. The van der Waals surface area contributed by atoms with E-state index in [0.29, 0.717) is 17.4 Å². The molecule has 1 heterocycles. The van der Waals surface area contributed by atoms with E-state index < -0.39 is 10.0 Å². The van der Waals surface area contributed by atoms with Gasteiger partial charge in [-0.2, -0.15) is 0 Å². The average molecular weight is 292 g/mol. The minimum atomic E-state index is -3.40. The van der Waals surface area contributed by atoms with Crippen molar-refractivity contribution < 1.29 is 8.42 Å². The molecule has 0 aromatic carbocycles. The van der Waals surface area contributed by atoms with Crippen LogP contribution in [0.5, 0.6) is 0 Å². The van der Waals surface area contributed by atoms with E-state index in [9.17, 15) is 8.42 Å². The third kappa shape index (κ3) is 4.34. The molecule has 1 rings (SSSR count). The zero-order valence-electron chi connectivity index (χ0n) is 10.7. The molecular weight excluding hydrogens is 274 g/mol. The van der Waals surface area contributed by atoms with Gasteiger partial charge in [-0.15, -0.1) is 11.6 Å². The summed E-state index contributed by atoms with van der Waals surface area (Å²) >= 11 is 5.63. The zero-order chi connectivity index (χ0) is 13.8. The summed E-state index contributed by atoms with van der Waals surface area (Å²) in [6.45, 7) is 1.79. The summed E-state index contributed by atoms with van der Waals surface area (Å²) in [7, 11) is 0.211. The van der Waals surface area contributed by atoms with Crippen LogP contribution in [0.25, 0.3) is 0 Å². The van der Waals surface area contributed by atoms with E-state index in [4.69, 9.17) is 11.6 Å². The SMILES string of the molecule is CC(CCl)CS(=O)(=O)Nc1cccnc1N(C)C. The van der Waals surface area contributed by atoms with E-state index in [1.807, 2.05) is 14.1 Å². The average Bonchev–Trinajstić information content (AvgIpc) is 2.28. The summed E-state index contributed by atoms with van der Waals surface area (Å²) < 4.78 is 26.4. The fourth-order valence-corrected chi connectivity index (χ4v) is 3.14. The van der Waals surface area contributed by atoms with Crippen LogP contribution in [-0.4, -0.2) is 39.1 Å². The fraction of sp³-hybridized carbons (Fsp3) is 0.545. The lowest BCUT2D eigenvalue weighted by atomic mass is 10.3. The summed E-state index contributed by atoms with van der Waals surface area (Å²) in [4.78, 5) is 5.89. The molecule has 1 atom stereocenters. The zero-order valence-corrected chi connectivity index (χ0v) is 12.3. The van der Waals surface area contributed by atoms with Gasteiger partial charge in [-0.25, -0.2) is 13.4 Å². The third-order valence-corrected chi connectivity index (χ3v) is 4.31. The predicted octanol–water partition coefficient (Wildman–Crippen LogP) is 1.76. The molecule has 102 valence electrons. The highest BCUT2D eigenvalue weighted by atomic mass is 35.5. The number of sulfonamides is 1. The van der Waals surface area contributed by atoms with Crippen LogP contribution in [-0.2, 0) is 10.0 Å². The van der Waals surface area contributed by atoms with E-state index in [1.54, 1.807) is 30.2 Å². The van der Waals surface area contributed by atoms with Crippen LogP contribution in [0.1, 0.15) is 6.92 Å². The normalized spacial score (nSPS) is 13.1. The number of aromatic nitrogens is 1. The fourth-order valence-electron chi connectivity index (χ4n) is 1.46. The number of pyridine rings is 1. The Bertz CT molecular complexity index is 491. The number of nitrogens with zero attached hydrogens (tertiary/aromatic N) is 2. The second-order valence-corrected chi connectivity index (χ2v) is 6.49. The molecule has 0 aliphatic carbocycles. The van der Waals surface area contributed by atoms with Gasteiger partial charge in [0.1, 0.15) is 0 Å². The van der Waals surface area contributed by atoms with E-state index >= 15 is 0 Å². The Balaban J connectivity index is 2.91. The number of nitrogens with one attached hydrogen (secondary N) is 1. The Labute approximate surface area is 113 Å². The molecule has 5 nitrogen and oxygen atoms in total. The highest BCUT2D eigenvalue weighted by Gasteiger charge is 2.17. The Hall–Kier alpha value is -1.01. The van der Waals surface area contributed by atoms with E-state index in [1.165, 1.54) is 0 Å². The standard InChI is InChI=1S/C11H18ClN3O2S/c1-9(7-12)8-18(16,17)14-10-5-4-6-13-11(10)15(2)3/h4-6,9,14H,7-8H2,1-3H3. The lowest BCUT2D eigenvalue weighted by Gasteiger charge is -2.17. The Morgan fingerprint density at radius 3 is 2.72 bits per heavy atom. The van der Waals surface area contributed by atoms with Gasteiger partial charge in [0.25, 0.3) is 0 Å². The molecule has 1 aromatic rings. The van der Waals surface area contributed by atoms with Crippen molar-refractivity contribution in [1.82, 2.24) is 4.98 Å². The number of rotatable bonds is 6. The van der Waals surface area contributed by atoms with Gasteiger partial charge < -0.3 is 4.90 Å². The molecule has 1 unspecified atom stereocenters. The summed E-state index contributed by atoms with van der Waals surface area (Å²) in [5.74, 6) is 0.801. The van der Waals surface area contributed by atoms with Crippen molar-refractivity contribution in [2.75, 3.05) is 35.4 Å². The van der Waals surface area contributed by atoms with Crippen molar-refractivity contribution in [1.29, 1.82) is 0 Å². The summed E-state index contributed by atoms with van der Waals surface area (Å²) in [6.07, 6.45) is 1.62. The third-order valence-electron chi connectivity index (χ3n) is 2.24. The molecule has 0 aliphatic rings. The lowest BCUT2D eigenvalue weighted by Crippen LogP contribution is -2.23. The first-order valence-electron chi connectivity index (χ1n) is 5.54. The molecule has 1 N–H and O–H groups in total. The minimum Gasteiger partial charge on any atom is -0.361 e. The van der Waals surface area contributed by atoms with Gasteiger partial charge >= 0.3 is 0 Å². The molecular formula is C11H18ClN3O2S. The molecule has 0 spiro atoms. The van der Waals surface area contributed by atoms with Crippen molar-refractivity contribution in [3.8, 4) is 0 Å². The van der Waals surface area contributed by atoms with Crippen molar-refractivity contribution in [2.45, 2.75) is 6.92 Å². The van der Waals surface area contributed by atoms with Gasteiger partial charge in [-0.1, -0.05) is 6.92 Å². The van der Waals surface area contributed by atoms with Crippen LogP contribution in [0, 0.1) is 5.92 Å². The van der Waals surface area contributed by atoms with Gasteiger partial charge in [0.15, 0.2) is 5.82 Å². The van der Waals surface area contributed by atoms with Crippen molar-refractivity contribution in [3.63, 3.8) is 0 Å². The number of hydrogen-bond donors (Lipinski definition) is 1. The maximum Gasteiger partial charge on any atom is 0.233 e. The molecule has 0 saturated carbocycles. The van der Waals surface area contributed by atoms with Crippen LogP contribution in [0.15, 0.2) is 18.3 Å². The first-order valence-corrected chi connectivity index (χ1v) is 7.73. The highest BCUT2D eigenvalue weighted by molar-refractivity contribution is 7.92. The molecule has 0 aliphatic heterocycles. The second kappa shape index (κ2) is 6.24. The van der Waals surface area contributed by atoms with Gasteiger partial charge in [0, 0.05) is 26.2 Å². The van der Waals surface area contributed by atoms with Gasteiger partial charge in [0.05, 0.1) is 11.4 Å². The first kappa shape index (κ1) is 15.0. The van der Waals surface area contributed by atoms with Crippen molar-refractivity contribution in [3.05, 3.63) is 18.3 Å². The molecule has 0 fully saturated rings. The van der Waals surface area contributed by atoms with E-state index in [-0.39, 0.29) is 11.7 Å². The molecule has 0 radical (unpaired) electrons. The molecule has 0 saturated heterocycles. The monoisotopic (exact) mass is 291 g/mol.